The van der Waals surface area contributed by atoms with Crippen LogP contribution >= 0.6 is 0 Å². The fourth-order valence-corrected chi connectivity index (χ4v) is 3.46. The van der Waals surface area contributed by atoms with Crippen LogP contribution in [0.2, 0.25) is 0 Å². The van der Waals surface area contributed by atoms with Gasteiger partial charge >= 0.3 is 6.09 Å². The van der Waals surface area contributed by atoms with Gasteiger partial charge in [-0.15, -0.1) is 0 Å². The SMILES string of the molecule is CCN(C(=O)C(CC(N)=O)NC(=O)OC(C)(C)C)C(C(=O)NC(C)(C)C)c1cc(C)ccc1C. The molecule has 0 radical (unpaired) electrons. The molecular weight excluding hydrogens is 436 g/mol. The van der Waals surface area contributed by atoms with Crippen molar-refractivity contribution < 1.29 is 23.9 Å². The molecule has 0 aliphatic rings. The second-order valence-electron chi connectivity index (χ2n) is 10.5. The summed E-state index contributed by atoms with van der Waals surface area (Å²) in [4.78, 5) is 52.6. The van der Waals surface area contributed by atoms with E-state index in [0.29, 0.717) is 5.56 Å². The minimum atomic E-state index is -1.29. The summed E-state index contributed by atoms with van der Waals surface area (Å²) in [6.45, 7) is 16.3. The minimum absolute atomic E-state index is 0.152. The van der Waals surface area contributed by atoms with E-state index < -0.39 is 47.6 Å². The van der Waals surface area contributed by atoms with Crippen LogP contribution in [0.25, 0.3) is 0 Å². The van der Waals surface area contributed by atoms with Crippen LogP contribution in [-0.4, -0.2) is 52.4 Å². The second kappa shape index (κ2) is 11.4. The lowest BCUT2D eigenvalue weighted by molar-refractivity contribution is -0.143. The van der Waals surface area contributed by atoms with Gasteiger partial charge in [0, 0.05) is 12.1 Å². The molecule has 1 aromatic rings. The maximum atomic E-state index is 13.7. The first kappa shape index (κ1) is 28.9. The maximum absolute atomic E-state index is 13.7. The van der Waals surface area contributed by atoms with E-state index in [4.69, 9.17) is 10.5 Å². The lowest BCUT2D eigenvalue weighted by Gasteiger charge is -2.35. The molecule has 34 heavy (non-hydrogen) atoms. The zero-order valence-corrected chi connectivity index (χ0v) is 21.9. The standard InChI is InChI=1S/C25H40N4O5/c1-10-29(22(32)18(14-19(26)30)27-23(33)34-25(7,8)9)20(21(31)28-24(4,5)6)17-13-15(2)11-12-16(17)3/h11-13,18,20H,10,14H2,1-9H3,(H2,26,30)(H,27,33)(H,28,31). The zero-order chi connectivity index (χ0) is 26.4. The molecule has 4 N–H and O–H groups in total. The van der Waals surface area contributed by atoms with Gasteiger partial charge < -0.3 is 26.0 Å². The summed E-state index contributed by atoms with van der Waals surface area (Å²) in [7, 11) is 0. The number of carbonyl (C=O) groups excluding carboxylic acids is 4. The fourth-order valence-electron chi connectivity index (χ4n) is 3.46. The fraction of sp³-hybridized carbons (Fsp3) is 0.600. The van der Waals surface area contributed by atoms with E-state index in [2.05, 4.69) is 10.6 Å². The quantitative estimate of drug-likeness (QED) is 0.531. The predicted molar refractivity (Wildman–Crippen MR) is 131 cm³/mol. The van der Waals surface area contributed by atoms with Crippen LogP contribution in [0.3, 0.4) is 0 Å². The Morgan fingerprint density at radius 1 is 1.06 bits per heavy atom. The lowest BCUT2D eigenvalue weighted by atomic mass is 9.95. The molecule has 0 aliphatic carbocycles. The molecule has 0 spiro atoms. The van der Waals surface area contributed by atoms with Crippen LogP contribution in [0.15, 0.2) is 18.2 Å². The molecule has 2 unspecified atom stereocenters. The summed E-state index contributed by atoms with van der Waals surface area (Å²) in [5, 5.41) is 5.40. The topological polar surface area (TPSA) is 131 Å². The number of amides is 4. The van der Waals surface area contributed by atoms with Gasteiger partial charge in [0.2, 0.25) is 17.7 Å². The number of nitrogens with zero attached hydrogens (tertiary/aromatic N) is 1. The van der Waals surface area contributed by atoms with Gasteiger partial charge in [-0.2, -0.15) is 0 Å². The molecule has 1 rings (SSSR count). The highest BCUT2D eigenvalue weighted by Gasteiger charge is 2.37. The Morgan fingerprint density at radius 3 is 2.12 bits per heavy atom. The molecule has 0 aromatic heterocycles. The van der Waals surface area contributed by atoms with Gasteiger partial charge in [0.1, 0.15) is 17.7 Å². The summed E-state index contributed by atoms with van der Waals surface area (Å²) < 4.78 is 5.25. The van der Waals surface area contributed by atoms with Crippen LogP contribution in [-0.2, 0) is 19.1 Å². The van der Waals surface area contributed by atoms with Gasteiger partial charge in [0.25, 0.3) is 0 Å². The number of alkyl carbamates (subject to hydrolysis) is 1. The van der Waals surface area contributed by atoms with E-state index in [1.807, 2.05) is 52.8 Å². The molecule has 190 valence electrons. The zero-order valence-electron chi connectivity index (χ0n) is 21.9. The molecule has 0 fully saturated rings. The molecule has 4 amide bonds. The van der Waals surface area contributed by atoms with Crippen molar-refractivity contribution in [2.24, 2.45) is 5.73 Å². The molecule has 0 aliphatic heterocycles. The van der Waals surface area contributed by atoms with E-state index in [0.717, 1.165) is 11.1 Å². The number of hydrogen-bond donors (Lipinski definition) is 3. The van der Waals surface area contributed by atoms with Crippen LogP contribution in [0.5, 0.6) is 0 Å². The van der Waals surface area contributed by atoms with Crippen LogP contribution in [0, 0.1) is 13.8 Å². The van der Waals surface area contributed by atoms with Crippen molar-refractivity contribution in [1.29, 1.82) is 0 Å². The first-order valence-electron chi connectivity index (χ1n) is 11.4. The van der Waals surface area contributed by atoms with Crippen LogP contribution in [0.4, 0.5) is 4.79 Å². The number of rotatable bonds is 8. The molecule has 0 bridgehead atoms. The van der Waals surface area contributed by atoms with Crippen LogP contribution in [0.1, 0.15) is 77.6 Å². The van der Waals surface area contributed by atoms with Gasteiger partial charge in [0.15, 0.2) is 0 Å². The smallest absolute Gasteiger partial charge is 0.408 e. The Kier molecular flexibility index (Phi) is 9.66. The number of likely N-dealkylation sites (N-methyl/N-ethyl adjacent to an activating group) is 1. The lowest BCUT2D eigenvalue weighted by Crippen LogP contribution is -2.55. The van der Waals surface area contributed by atoms with E-state index in [1.54, 1.807) is 27.7 Å². The number of hydrogen-bond acceptors (Lipinski definition) is 5. The highest BCUT2D eigenvalue weighted by Crippen LogP contribution is 2.27. The first-order valence-corrected chi connectivity index (χ1v) is 11.4. The van der Waals surface area contributed by atoms with Crippen molar-refractivity contribution in [1.82, 2.24) is 15.5 Å². The van der Waals surface area contributed by atoms with Crippen molar-refractivity contribution >= 4 is 23.8 Å². The van der Waals surface area contributed by atoms with Crippen molar-refractivity contribution in [3.05, 3.63) is 34.9 Å². The van der Waals surface area contributed by atoms with E-state index in [-0.39, 0.29) is 12.5 Å². The predicted octanol–water partition coefficient (Wildman–Crippen LogP) is 2.88. The maximum Gasteiger partial charge on any atom is 0.408 e. The second-order valence-corrected chi connectivity index (χ2v) is 10.5. The average Bonchev–Trinajstić information content (AvgIpc) is 2.63. The number of carbonyl (C=O) groups is 4. The molecule has 0 heterocycles. The number of ether oxygens (including phenoxy) is 1. The molecular formula is C25H40N4O5. The first-order chi connectivity index (χ1) is 15.4. The number of benzene rings is 1. The Balaban J connectivity index is 3.49. The van der Waals surface area contributed by atoms with Crippen molar-refractivity contribution in [3.8, 4) is 0 Å². The average molecular weight is 477 g/mol. The van der Waals surface area contributed by atoms with Crippen molar-refractivity contribution in [2.75, 3.05) is 6.54 Å². The molecule has 9 nitrogen and oxygen atoms in total. The third-order valence-electron chi connectivity index (χ3n) is 4.81. The van der Waals surface area contributed by atoms with Gasteiger partial charge in [0.05, 0.1) is 6.42 Å². The normalized spacial score (nSPS) is 13.4. The largest absolute Gasteiger partial charge is 0.444 e. The van der Waals surface area contributed by atoms with E-state index in [1.165, 1.54) is 4.90 Å². The molecule has 9 heteroatoms. The summed E-state index contributed by atoms with van der Waals surface area (Å²) in [6, 6.07) is 3.41. The Morgan fingerprint density at radius 2 is 1.65 bits per heavy atom. The summed E-state index contributed by atoms with van der Waals surface area (Å²) in [5.74, 6) is -1.75. The van der Waals surface area contributed by atoms with E-state index in [9.17, 15) is 19.2 Å². The summed E-state index contributed by atoms with van der Waals surface area (Å²) in [6.07, 6.45) is -1.29. The highest BCUT2D eigenvalue weighted by molar-refractivity contribution is 5.94. The third kappa shape index (κ3) is 9.03. The van der Waals surface area contributed by atoms with Crippen LogP contribution < -0.4 is 16.4 Å². The van der Waals surface area contributed by atoms with Crippen molar-refractivity contribution in [3.63, 3.8) is 0 Å². The van der Waals surface area contributed by atoms with Gasteiger partial charge in [-0.3, -0.25) is 14.4 Å². The minimum Gasteiger partial charge on any atom is -0.444 e. The van der Waals surface area contributed by atoms with Gasteiger partial charge in [-0.1, -0.05) is 23.8 Å². The van der Waals surface area contributed by atoms with Crippen molar-refractivity contribution in [2.45, 2.75) is 92.0 Å². The Bertz CT molecular complexity index is 915. The summed E-state index contributed by atoms with van der Waals surface area (Å²) in [5.41, 5.74) is 6.44. The monoisotopic (exact) mass is 476 g/mol. The molecule has 1 aromatic carbocycles. The third-order valence-corrected chi connectivity index (χ3v) is 4.81. The number of nitrogens with two attached hydrogens (primary N) is 1. The Hall–Kier alpha value is -3.10. The number of aryl methyl sites for hydroxylation is 2. The number of nitrogens with one attached hydrogen (secondary N) is 2. The molecule has 0 saturated heterocycles. The summed E-state index contributed by atoms with van der Waals surface area (Å²) >= 11 is 0. The highest BCUT2D eigenvalue weighted by atomic mass is 16.6. The van der Waals surface area contributed by atoms with E-state index >= 15 is 0 Å². The van der Waals surface area contributed by atoms with Gasteiger partial charge in [-0.05, 0) is 73.4 Å². The van der Waals surface area contributed by atoms with Gasteiger partial charge in [-0.25, -0.2) is 4.79 Å². The molecule has 2 atom stereocenters. The molecule has 0 saturated carbocycles. The Labute approximate surface area is 202 Å². The number of primary amides is 1.